The number of H-pyrrole nitrogens is 1. The molecule has 1 atom stereocenters. The Kier molecular flexibility index (Phi) is 5.34. The summed E-state index contributed by atoms with van der Waals surface area (Å²) in [5.41, 5.74) is 5.88. The van der Waals surface area contributed by atoms with Crippen LogP contribution in [0.4, 0.5) is 17.1 Å². The van der Waals surface area contributed by atoms with Gasteiger partial charge in [0, 0.05) is 48.0 Å². The topological polar surface area (TPSA) is 77.2 Å². The summed E-state index contributed by atoms with van der Waals surface area (Å²) in [4.78, 5) is 30.6. The van der Waals surface area contributed by atoms with E-state index in [9.17, 15) is 9.59 Å². The maximum absolute atomic E-state index is 13.6. The van der Waals surface area contributed by atoms with Gasteiger partial charge in [-0.05, 0) is 66.8 Å². The highest BCUT2D eigenvalue weighted by Gasteiger charge is 2.25. The number of hydrogen-bond acceptors (Lipinski definition) is 3. The standard InChI is InChI=1S/C27H26N4O2/c1-17-12-14-31(26-6-4-3-5-24(26)29-17)27(33)21-7-9-22(25(16-21)30-18(2)32)19-8-10-23-20(15-19)11-13-28-23/h3-11,13,15-17,28-29H,12,14H2,1-2H3,(H,30,32)/t17-/m1/s1. The van der Waals surface area contributed by atoms with Crippen molar-refractivity contribution in [1.29, 1.82) is 0 Å². The summed E-state index contributed by atoms with van der Waals surface area (Å²) in [6.07, 6.45) is 2.74. The molecule has 0 saturated carbocycles. The molecule has 0 saturated heterocycles. The normalized spacial score (nSPS) is 15.5. The first kappa shape index (κ1) is 20.8. The number of fused-ring (bicyclic) bond motifs is 2. The van der Waals surface area contributed by atoms with Crippen LogP contribution >= 0.6 is 0 Å². The third-order valence-corrected chi connectivity index (χ3v) is 6.07. The Labute approximate surface area is 192 Å². The summed E-state index contributed by atoms with van der Waals surface area (Å²) in [6, 6.07) is 21.8. The van der Waals surface area contributed by atoms with E-state index in [1.807, 2.05) is 65.7 Å². The highest BCUT2D eigenvalue weighted by atomic mass is 16.2. The Morgan fingerprint density at radius 1 is 1.03 bits per heavy atom. The smallest absolute Gasteiger partial charge is 0.258 e. The van der Waals surface area contributed by atoms with Gasteiger partial charge >= 0.3 is 0 Å². The maximum Gasteiger partial charge on any atom is 0.258 e. The van der Waals surface area contributed by atoms with Crippen molar-refractivity contribution in [3.8, 4) is 11.1 Å². The predicted octanol–water partition coefficient (Wildman–Crippen LogP) is 5.64. The van der Waals surface area contributed by atoms with Gasteiger partial charge in [-0.25, -0.2) is 0 Å². The summed E-state index contributed by atoms with van der Waals surface area (Å²) in [7, 11) is 0. The molecule has 6 heteroatoms. The maximum atomic E-state index is 13.6. The second kappa shape index (κ2) is 8.47. The molecule has 1 aliphatic rings. The summed E-state index contributed by atoms with van der Waals surface area (Å²) in [6.45, 7) is 4.22. The van der Waals surface area contributed by atoms with E-state index >= 15 is 0 Å². The highest BCUT2D eigenvalue weighted by Crippen LogP contribution is 2.34. The molecule has 2 heterocycles. The fourth-order valence-corrected chi connectivity index (χ4v) is 4.42. The zero-order chi connectivity index (χ0) is 22.9. The largest absolute Gasteiger partial charge is 0.381 e. The van der Waals surface area contributed by atoms with E-state index in [0.29, 0.717) is 17.8 Å². The van der Waals surface area contributed by atoms with Gasteiger partial charge in [-0.15, -0.1) is 0 Å². The van der Waals surface area contributed by atoms with E-state index in [0.717, 1.165) is 39.8 Å². The number of nitrogens with zero attached hydrogens (tertiary/aromatic N) is 1. The summed E-state index contributed by atoms with van der Waals surface area (Å²) in [5.74, 6) is -0.265. The number of carbonyl (C=O) groups is 2. The van der Waals surface area contributed by atoms with Gasteiger partial charge < -0.3 is 20.5 Å². The van der Waals surface area contributed by atoms with Gasteiger partial charge in [-0.2, -0.15) is 0 Å². The second-order valence-electron chi connectivity index (χ2n) is 8.53. The SMILES string of the molecule is CC(=O)Nc1cc(C(=O)N2CC[C@@H](C)Nc3ccccc32)ccc1-c1ccc2[nH]ccc2c1. The Morgan fingerprint density at radius 3 is 2.73 bits per heavy atom. The van der Waals surface area contributed by atoms with Crippen molar-refractivity contribution in [1.82, 2.24) is 4.98 Å². The minimum atomic E-state index is -0.179. The minimum absolute atomic E-state index is 0.0856. The molecular weight excluding hydrogens is 412 g/mol. The lowest BCUT2D eigenvalue weighted by Crippen LogP contribution is -2.32. The van der Waals surface area contributed by atoms with E-state index in [2.05, 4.69) is 28.6 Å². The number of nitrogens with one attached hydrogen (secondary N) is 3. The average molecular weight is 439 g/mol. The number of para-hydroxylation sites is 2. The monoisotopic (exact) mass is 438 g/mol. The van der Waals surface area contributed by atoms with Gasteiger partial charge in [-0.3, -0.25) is 9.59 Å². The molecular formula is C27H26N4O2. The van der Waals surface area contributed by atoms with Crippen molar-refractivity contribution in [2.75, 3.05) is 22.1 Å². The van der Waals surface area contributed by atoms with Crippen molar-refractivity contribution < 1.29 is 9.59 Å². The molecule has 1 aromatic heterocycles. The Bertz CT molecular complexity index is 1360. The summed E-state index contributed by atoms with van der Waals surface area (Å²) >= 11 is 0. The molecule has 0 unspecified atom stereocenters. The number of hydrogen-bond donors (Lipinski definition) is 3. The van der Waals surface area contributed by atoms with Crippen LogP contribution in [-0.2, 0) is 4.79 Å². The lowest BCUT2D eigenvalue weighted by Gasteiger charge is -2.23. The molecule has 4 aromatic rings. The Balaban J connectivity index is 1.55. The number of benzene rings is 3. The van der Waals surface area contributed by atoms with Crippen LogP contribution in [0.25, 0.3) is 22.0 Å². The van der Waals surface area contributed by atoms with E-state index in [1.54, 1.807) is 6.07 Å². The van der Waals surface area contributed by atoms with E-state index in [1.165, 1.54) is 6.92 Å². The van der Waals surface area contributed by atoms with Crippen LogP contribution in [-0.4, -0.2) is 29.4 Å². The van der Waals surface area contributed by atoms with Crippen LogP contribution < -0.4 is 15.5 Å². The van der Waals surface area contributed by atoms with Crippen molar-refractivity contribution in [3.63, 3.8) is 0 Å². The van der Waals surface area contributed by atoms with E-state index < -0.39 is 0 Å². The molecule has 0 aliphatic carbocycles. The molecule has 33 heavy (non-hydrogen) atoms. The predicted molar refractivity (Wildman–Crippen MR) is 134 cm³/mol. The van der Waals surface area contributed by atoms with E-state index in [4.69, 9.17) is 0 Å². The van der Waals surface area contributed by atoms with Crippen LogP contribution in [0.3, 0.4) is 0 Å². The molecule has 1 aliphatic heterocycles. The molecule has 0 spiro atoms. The number of amides is 2. The zero-order valence-corrected chi connectivity index (χ0v) is 18.7. The van der Waals surface area contributed by atoms with Gasteiger partial charge in [0.1, 0.15) is 0 Å². The first-order valence-corrected chi connectivity index (χ1v) is 11.2. The summed E-state index contributed by atoms with van der Waals surface area (Å²) < 4.78 is 0. The number of anilines is 3. The molecule has 2 amide bonds. The van der Waals surface area contributed by atoms with Crippen LogP contribution in [0.5, 0.6) is 0 Å². The van der Waals surface area contributed by atoms with Crippen molar-refractivity contribution >= 4 is 39.8 Å². The van der Waals surface area contributed by atoms with Crippen molar-refractivity contribution in [3.05, 3.63) is 78.5 Å². The van der Waals surface area contributed by atoms with Crippen LogP contribution in [0.15, 0.2) is 72.9 Å². The van der Waals surface area contributed by atoms with Gasteiger partial charge in [-0.1, -0.05) is 24.3 Å². The minimum Gasteiger partial charge on any atom is -0.381 e. The zero-order valence-electron chi connectivity index (χ0n) is 18.7. The highest BCUT2D eigenvalue weighted by molar-refractivity contribution is 6.09. The second-order valence-corrected chi connectivity index (χ2v) is 8.53. The molecule has 6 nitrogen and oxygen atoms in total. The lowest BCUT2D eigenvalue weighted by atomic mass is 9.99. The van der Waals surface area contributed by atoms with Crippen molar-refractivity contribution in [2.24, 2.45) is 0 Å². The first-order chi connectivity index (χ1) is 16.0. The quantitative estimate of drug-likeness (QED) is 0.387. The van der Waals surface area contributed by atoms with Gasteiger partial charge in [0.15, 0.2) is 0 Å². The fraction of sp³-hybridized carbons (Fsp3) is 0.185. The number of aromatic nitrogens is 1. The van der Waals surface area contributed by atoms with E-state index in [-0.39, 0.29) is 17.9 Å². The molecule has 3 aromatic carbocycles. The molecule has 0 bridgehead atoms. The fourth-order valence-electron chi connectivity index (χ4n) is 4.42. The van der Waals surface area contributed by atoms with Gasteiger partial charge in [0.2, 0.25) is 5.91 Å². The molecule has 5 rings (SSSR count). The third kappa shape index (κ3) is 4.07. The van der Waals surface area contributed by atoms with Crippen molar-refractivity contribution in [2.45, 2.75) is 26.3 Å². The number of rotatable bonds is 3. The first-order valence-electron chi connectivity index (χ1n) is 11.2. The molecule has 166 valence electrons. The third-order valence-electron chi connectivity index (χ3n) is 6.07. The summed E-state index contributed by atoms with van der Waals surface area (Å²) in [5, 5.41) is 7.49. The van der Waals surface area contributed by atoms with Crippen LogP contribution in [0.1, 0.15) is 30.6 Å². The number of aromatic amines is 1. The van der Waals surface area contributed by atoms with Crippen LogP contribution in [0.2, 0.25) is 0 Å². The Hall–Kier alpha value is -4.06. The lowest BCUT2D eigenvalue weighted by molar-refractivity contribution is -0.114. The Morgan fingerprint density at radius 2 is 1.88 bits per heavy atom. The number of carbonyl (C=O) groups excluding carboxylic acids is 2. The average Bonchev–Trinajstić information content (AvgIpc) is 3.20. The molecule has 0 radical (unpaired) electrons. The van der Waals surface area contributed by atoms with Gasteiger partial charge in [0.25, 0.3) is 5.91 Å². The van der Waals surface area contributed by atoms with Crippen LogP contribution in [0, 0.1) is 0 Å². The molecule has 3 N–H and O–H groups in total. The van der Waals surface area contributed by atoms with Gasteiger partial charge in [0.05, 0.1) is 11.4 Å². The molecule has 0 fully saturated rings.